The summed E-state index contributed by atoms with van der Waals surface area (Å²) in [5, 5.41) is 16.2. The van der Waals surface area contributed by atoms with Gasteiger partial charge in [0, 0.05) is 11.6 Å². The van der Waals surface area contributed by atoms with Gasteiger partial charge in [0.15, 0.2) is 11.5 Å². The van der Waals surface area contributed by atoms with Crippen molar-refractivity contribution in [2.24, 2.45) is 0 Å². The molecular formula is C20H24ClN5O2. The molecule has 0 spiro atoms. The first kappa shape index (κ1) is 19.9. The van der Waals surface area contributed by atoms with E-state index < -0.39 is 0 Å². The van der Waals surface area contributed by atoms with Crippen molar-refractivity contribution in [1.29, 1.82) is 0 Å². The highest BCUT2D eigenvalue weighted by atomic mass is 35.5. The maximum atomic E-state index is 6.01. The zero-order valence-electron chi connectivity index (χ0n) is 16.1. The number of tetrazole rings is 1. The first-order valence-electron chi connectivity index (χ1n) is 9.23. The van der Waals surface area contributed by atoms with Gasteiger partial charge in [-0.3, -0.25) is 0 Å². The Morgan fingerprint density at radius 1 is 1.11 bits per heavy atom. The number of benzene rings is 2. The molecule has 1 heterocycles. The van der Waals surface area contributed by atoms with Crippen molar-refractivity contribution >= 4 is 17.5 Å². The van der Waals surface area contributed by atoms with Crippen molar-refractivity contribution in [2.45, 2.75) is 39.5 Å². The minimum absolute atomic E-state index is 0.416. The molecule has 0 fully saturated rings. The summed E-state index contributed by atoms with van der Waals surface area (Å²) in [6.07, 6.45) is 2.12. The number of methoxy groups -OCH3 is 1. The Labute approximate surface area is 169 Å². The van der Waals surface area contributed by atoms with E-state index in [0.29, 0.717) is 35.6 Å². The maximum absolute atomic E-state index is 6.01. The number of rotatable bonds is 10. The average Bonchev–Trinajstić information content (AvgIpc) is 3.17. The second kappa shape index (κ2) is 9.94. The van der Waals surface area contributed by atoms with Gasteiger partial charge in [0.25, 0.3) is 5.95 Å². The van der Waals surface area contributed by atoms with Gasteiger partial charge in [0.1, 0.15) is 6.61 Å². The monoisotopic (exact) mass is 401 g/mol. The SMILES string of the molecule is CCCCn1nnc(NCc2ccc(OCc3cccc(Cl)c3)c(OC)c2)n1. The lowest BCUT2D eigenvalue weighted by Gasteiger charge is -2.12. The predicted molar refractivity (Wildman–Crippen MR) is 109 cm³/mol. The number of aryl methyl sites for hydroxylation is 1. The van der Waals surface area contributed by atoms with Gasteiger partial charge in [-0.1, -0.05) is 48.2 Å². The summed E-state index contributed by atoms with van der Waals surface area (Å²) in [6.45, 7) is 3.88. The number of nitrogens with one attached hydrogen (secondary N) is 1. The summed E-state index contributed by atoms with van der Waals surface area (Å²) in [5.74, 6) is 1.85. The highest BCUT2D eigenvalue weighted by Crippen LogP contribution is 2.29. The van der Waals surface area contributed by atoms with Crippen LogP contribution in [0.2, 0.25) is 5.02 Å². The van der Waals surface area contributed by atoms with Gasteiger partial charge >= 0.3 is 0 Å². The zero-order chi connectivity index (χ0) is 19.8. The van der Waals surface area contributed by atoms with Gasteiger partial charge in [-0.25, -0.2) is 0 Å². The van der Waals surface area contributed by atoms with Gasteiger partial charge in [-0.05, 0) is 47.0 Å². The number of unbranched alkanes of at least 4 members (excludes halogenated alkanes) is 1. The maximum Gasteiger partial charge on any atom is 0.263 e. The Kier molecular flexibility index (Phi) is 7.08. The fourth-order valence-electron chi connectivity index (χ4n) is 2.62. The molecule has 7 nitrogen and oxygen atoms in total. The van der Waals surface area contributed by atoms with Crippen LogP contribution in [0.1, 0.15) is 30.9 Å². The van der Waals surface area contributed by atoms with E-state index in [9.17, 15) is 0 Å². The highest BCUT2D eigenvalue weighted by molar-refractivity contribution is 6.30. The van der Waals surface area contributed by atoms with E-state index >= 15 is 0 Å². The van der Waals surface area contributed by atoms with E-state index in [4.69, 9.17) is 21.1 Å². The number of hydrogen-bond donors (Lipinski definition) is 1. The Balaban J connectivity index is 1.58. The molecule has 1 N–H and O–H groups in total. The first-order chi connectivity index (χ1) is 13.7. The standard InChI is InChI=1S/C20H24ClN5O2/c1-3-4-10-26-24-20(23-25-26)22-13-15-8-9-18(19(12-15)27-2)28-14-16-6-5-7-17(21)11-16/h5-9,11-12H,3-4,10,13-14H2,1-2H3,(H,22,24). The van der Waals surface area contributed by atoms with Crippen molar-refractivity contribution in [1.82, 2.24) is 20.2 Å². The second-order valence-electron chi connectivity index (χ2n) is 6.32. The Bertz CT molecular complexity index is 900. The molecule has 28 heavy (non-hydrogen) atoms. The molecule has 3 aromatic rings. The van der Waals surface area contributed by atoms with Crippen LogP contribution in [0.5, 0.6) is 11.5 Å². The van der Waals surface area contributed by atoms with Crippen LogP contribution in [-0.2, 0) is 19.7 Å². The predicted octanol–water partition coefficient (Wildman–Crippen LogP) is 4.33. The Morgan fingerprint density at radius 2 is 2.00 bits per heavy atom. The van der Waals surface area contributed by atoms with Gasteiger partial charge in [-0.15, -0.1) is 5.10 Å². The molecule has 0 saturated carbocycles. The van der Waals surface area contributed by atoms with Crippen LogP contribution in [0.15, 0.2) is 42.5 Å². The zero-order valence-corrected chi connectivity index (χ0v) is 16.8. The number of aromatic nitrogens is 4. The van der Waals surface area contributed by atoms with Gasteiger partial charge < -0.3 is 14.8 Å². The molecule has 148 valence electrons. The van der Waals surface area contributed by atoms with E-state index in [2.05, 4.69) is 27.7 Å². The van der Waals surface area contributed by atoms with E-state index in [1.807, 2.05) is 42.5 Å². The van der Waals surface area contributed by atoms with Crippen LogP contribution < -0.4 is 14.8 Å². The minimum atomic E-state index is 0.416. The van der Waals surface area contributed by atoms with E-state index in [-0.39, 0.29) is 0 Å². The van der Waals surface area contributed by atoms with E-state index in [1.165, 1.54) is 0 Å². The van der Waals surface area contributed by atoms with Crippen LogP contribution in [0.4, 0.5) is 5.95 Å². The van der Waals surface area contributed by atoms with Crippen molar-refractivity contribution < 1.29 is 9.47 Å². The summed E-state index contributed by atoms with van der Waals surface area (Å²) < 4.78 is 11.4. The van der Waals surface area contributed by atoms with Crippen molar-refractivity contribution in [3.05, 3.63) is 58.6 Å². The van der Waals surface area contributed by atoms with Crippen LogP contribution in [0.3, 0.4) is 0 Å². The quantitative estimate of drug-likeness (QED) is 0.545. The third-order valence-corrected chi connectivity index (χ3v) is 4.36. The Hall–Kier alpha value is -2.80. The molecule has 0 atom stereocenters. The number of halogens is 1. The fraction of sp³-hybridized carbons (Fsp3) is 0.350. The van der Waals surface area contributed by atoms with Crippen LogP contribution in [0.25, 0.3) is 0 Å². The van der Waals surface area contributed by atoms with Crippen molar-refractivity contribution in [3.8, 4) is 11.5 Å². The summed E-state index contributed by atoms with van der Waals surface area (Å²) in [6, 6.07) is 13.4. The lowest BCUT2D eigenvalue weighted by Crippen LogP contribution is -2.04. The van der Waals surface area contributed by atoms with Gasteiger partial charge in [-0.2, -0.15) is 4.80 Å². The summed E-state index contributed by atoms with van der Waals surface area (Å²) in [4.78, 5) is 1.61. The molecule has 0 saturated heterocycles. The van der Waals surface area contributed by atoms with E-state index in [1.54, 1.807) is 11.9 Å². The highest BCUT2D eigenvalue weighted by Gasteiger charge is 2.08. The number of hydrogen-bond acceptors (Lipinski definition) is 6. The van der Waals surface area contributed by atoms with Crippen molar-refractivity contribution in [3.63, 3.8) is 0 Å². The smallest absolute Gasteiger partial charge is 0.263 e. The van der Waals surface area contributed by atoms with Crippen LogP contribution >= 0.6 is 11.6 Å². The molecular weight excluding hydrogens is 378 g/mol. The van der Waals surface area contributed by atoms with Crippen LogP contribution in [0, 0.1) is 0 Å². The molecule has 0 amide bonds. The molecule has 3 rings (SSSR count). The molecule has 0 aliphatic carbocycles. The fourth-order valence-corrected chi connectivity index (χ4v) is 2.83. The van der Waals surface area contributed by atoms with Crippen LogP contribution in [-0.4, -0.2) is 27.3 Å². The van der Waals surface area contributed by atoms with Gasteiger partial charge in [0.05, 0.1) is 13.7 Å². The largest absolute Gasteiger partial charge is 0.493 e. The third kappa shape index (κ3) is 5.60. The summed E-state index contributed by atoms with van der Waals surface area (Å²) in [5.41, 5.74) is 2.02. The molecule has 0 radical (unpaired) electrons. The Morgan fingerprint density at radius 3 is 2.79 bits per heavy atom. The van der Waals surface area contributed by atoms with Crippen molar-refractivity contribution in [2.75, 3.05) is 12.4 Å². The number of nitrogens with zero attached hydrogens (tertiary/aromatic N) is 4. The molecule has 0 bridgehead atoms. The second-order valence-corrected chi connectivity index (χ2v) is 6.76. The molecule has 0 aliphatic heterocycles. The first-order valence-corrected chi connectivity index (χ1v) is 9.61. The summed E-state index contributed by atoms with van der Waals surface area (Å²) >= 11 is 6.01. The molecule has 0 aliphatic rings. The summed E-state index contributed by atoms with van der Waals surface area (Å²) in [7, 11) is 1.62. The molecule has 0 unspecified atom stereocenters. The number of ether oxygens (including phenoxy) is 2. The third-order valence-electron chi connectivity index (χ3n) is 4.13. The van der Waals surface area contributed by atoms with Gasteiger partial charge in [0.2, 0.25) is 0 Å². The normalized spacial score (nSPS) is 10.7. The lowest BCUT2D eigenvalue weighted by atomic mass is 10.2. The topological polar surface area (TPSA) is 74.1 Å². The molecule has 8 heteroatoms. The minimum Gasteiger partial charge on any atom is -0.493 e. The lowest BCUT2D eigenvalue weighted by molar-refractivity contribution is 0.284. The molecule has 1 aromatic heterocycles. The molecule has 2 aromatic carbocycles. The average molecular weight is 402 g/mol. The number of anilines is 1. The van der Waals surface area contributed by atoms with E-state index in [0.717, 1.165) is 30.5 Å².